The van der Waals surface area contributed by atoms with E-state index in [1.165, 1.54) is 6.92 Å². The van der Waals surface area contributed by atoms with Crippen LogP contribution in [0.25, 0.3) is 0 Å². The fourth-order valence-corrected chi connectivity index (χ4v) is 1.42. The number of rotatable bonds is 3. The second-order valence-corrected chi connectivity index (χ2v) is 3.49. The highest BCUT2D eigenvalue weighted by Gasteiger charge is 2.40. The lowest BCUT2D eigenvalue weighted by molar-refractivity contribution is -0.143. The van der Waals surface area contributed by atoms with Crippen LogP contribution in [0.4, 0.5) is 26.3 Å². The van der Waals surface area contributed by atoms with Crippen LogP contribution in [-0.4, -0.2) is 12.9 Å². The van der Waals surface area contributed by atoms with Gasteiger partial charge < -0.3 is 4.74 Å². The van der Waals surface area contributed by atoms with Crippen molar-refractivity contribution >= 4 is 6.29 Å². The van der Waals surface area contributed by atoms with Gasteiger partial charge in [-0.2, -0.15) is 26.3 Å². The molecule has 0 amide bonds. The first-order valence-electron chi connectivity index (χ1n) is 5.01. The van der Waals surface area contributed by atoms with Crippen LogP contribution < -0.4 is 4.74 Å². The maximum atomic E-state index is 12.7. The van der Waals surface area contributed by atoms with Crippen LogP contribution in [0.5, 0.6) is 5.75 Å². The van der Waals surface area contributed by atoms with E-state index in [0.29, 0.717) is 6.07 Å². The monoisotopic (exact) mass is 286 g/mol. The first-order valence-corrected chi connectivity index (χ1v) is 5.01. The molecule has 8 heteroatoms. The van der Waals surface area contributed by atoms with Crippen molar-refractivity contribution in [3.63, 3.8) is 0 Å². The minimum Gasteiger partial charge on any atom is -0.492 e. The predicted molar refractivity (Wildman–Crippen MR) is 53.0 cm³/mol. The van der Waals surface area contributed by atoms with Gasteiger partial charge in [-0.25, -0.2) is 0 Å². The summed E-state index contributed by atoms with van der Waals surface area (Å²) in [6.07, 6.45) is -10.1. The Balaban J connectivity index is 3.59. The molecular weight excluding hydrogens is 278 g/mol. The molecule has 0 aliphatic rings. The lowest BCUT2D eigenvalue weighted by atomic mass is 10.0. The number of alkyl halides is 6. The summed E-state index contributed by atoms with van der Waals surface area (Å²) >= 11 is 0. The van der Waals surface area contributed by atoms with E-state index < -0.39 is 34.8 Å². The molecule has 0 radical (unpaired) electrons. The second-order valence-electron chi connectivity index (χ2n) is 3.49. The Kier molecular flexibility index (Phi) is 4.12. The lowest BCUT2D eigenvalue weighted by Gasteiger charge is -2.17. The minimum absolute atomic E-state index is 0.0714. The molecule has 106 valence electrons. The first kappa shape index (κ1) is 15.3. The number of aldehydes is 1. The largest absolute Gasteiger partial charge is 0.492 e. The third kappa shape index (κ3) is 3.39. The van der Waals surface area contributed by atoms with Crippen LogP contribution in [0.3, 0.4) is 0 Å². The number of benzene rings is 1. The summed E-state index contributed by atoms with van der Waals surface area (Å²) in [5.74, 6) is -0.891. The normalized spacial score (nSPS) is 12.4. The molecule has 0 unspecified atom stereocenters. The van der Waals surface area contributed by atoms with Crippen molar-refractivity contribution in [2.24, 2.45) is 0 Å². The van der Waals surface area contributed by atoms with Gasteiger partial charge in [0, 0.05) is 0 Å². The van der Waals surface area contributed by atoms with Gasteiger partial charge in [-0.3, -0.25) is 4.79 Å². The van der Waals surface area contributed by atoms with Crippen LogP contribution in [0.2, 0.25) is 0 Å². The van der Waals surface area contributed by atoms with Crippen LogP contribution >= 0.6 is 0 Å². The maximum absolute atomic E-state index is 12.7. The van der Waals surface area contributed by atoms with Crippen LogP contribution in [0.15, 0.2) is 12.1 Å². The number of carbonyl (C=O) groups is 1. The van der Waals surface area contributed by atoms with Gasteiger partial charge in [0.15, 0.2) is 6.29 Å². The fourth-order valence-electron chi connectivity index (χ4n) is 1.42. The number of ether oxygens (including phenoxy) is 1. The Bertz CT molecular complexity index is 475. The van der Waals surface area contributed by atoms with Gasteiger partial charge >= 0.3 is 12.4 Å². The van der Waals surface area contributed by atoms with Crippen molar-refractivity contribution in [3.05, 3.63) is 28.8 Å². The molecule has 19 heavy (non-hydrogen) atoms. The van der Waals surface area contributed by atoms with Gasteiger partial charge in [0.1, 0.15) is 5.75 Å². The molecular formula is C11H8F6O2. The van der Waals surface area contributed by atoms with Crippen LogP contribution in [0.1, 0.15) is 28.4 Å². The van der Waals surface area contributed by atoms with E-state index in [-0.39, 0.29) is 19.0 Å². The van der Waals surface area contributed by atoms with Gasteiger partial charge in [0.25, 0.3) is 0 Å². The smallest absolute Gasteiger partial charge is 0.420 e. The summed E-state index contributed by atoms with van der Waals surface area (Å²) in [4.78, 5) is 10.6. The minimum atomic E-state index is -5.05. The van der Waals surface area contributed by atoms with E-state index in [2.05, 4.69) is 4.74 Å². The Labute approximate surface area is 104 Å². The Morgan fingerprint density at radius 1 is 1.11 bits per heavy atom. The molecule has 0 bridgehead atoms. The van der Waals surface area contributed by atoms with Gasteiger partial charge in [-0.05, 0) is 19.1 Å². The molecule has 0 spiro atoms. The molecule has 0 atom stereocenters. The zero-order valence-electron chi connectivity index (χ0n) is 9.52. The second kappa shape index (κ2) is 5.10. The van der Waals surface area contributed by atoms with Crippen molar-refractivity contribution in [2.75, 3.05) is 6.61 Å². The average molecular weight is 286 g/mol. The van der Waals surface area contributed by atoms with Crippen molar-refractivity contribution in [1.29, 1.82) is 0 Å². The standard InChI is InChI=1S/C11H8F6O2/c1-2-19-9-6(5-18)3-7(10(12,13)14)4-8(9)11(15,16)17/h3-5H,2H2,1H3. The van der Waals surface area contributed by atoms with E-state index in [9.17, 15) is 31.1 Å². The van der Waals surface area contributed by atoms with Gasteiger partial charge in [0.05, 0.1) is 23.3 Å². The number of hydrogen-bond acceptors (Lipinski definition) is 2. The molecule has 0 saturated heterocycles. The van der Waals surface area contributed by atoms with Crippen molar-refractivity contribution in [1.82, 2.24) is 0 Å². The molecule has 0 N–H and O–H groups in total. The van der Waals surface area contributed by atoms with E-state index in [0.717, 1.165) is 0 Å². The third-order valence-electron chi connectivity index (χ3n) is 2.17. The Hall–Kier alpha value is -1.73. The molecule has 1 rings (SSSR count). The van der Waals surface area contributed by atoms with Crippen LogP contribution in [0, 0.1) is 0 Å². The van der Waals surface area contributed by atoms with Crippen molar-refractivity contribution in [2.45, 2.75) is 19.3 Å². The number of hydrogen-bond donors (Lipinski definition) is 0. The Morgan fingerprint density at radius 2 is 1.68 bits per heavy atom. The highest BCUT2D eigenvalue weighted by molar-refractivity contribution is 5.81. The zero-order chi connectivity index (χ0) is 14.8. The number of halogens is 6. The molecule has 0 aromatic heterocycles. The first-order chi connectivity index (χ1) is 8.61. The van der Waals surface area contributed by atoms with Crippen molar-refractivity contribution < 1.29 is 35.9 Å². The molecule has 1 aromatic rings. The van der Waals surface area contributed by atoms with Gasteiger partial charge in [-0.1, -0.05) is 0 Å². The van der Waals surface area contributed by atoms with E-state index in [1.807, 2.05) is 0 Å². The molecule has 0 aliphatic carbocycles. The molecule has 0 saturated carbocycles. The van der Waals surface area contributed by atoms with Crippen molar-refractivity contribution in [3.8, 4) is 5.75 Å². The van der Waals surface area contributed by atoms with E-state index in [4.69, 9.17) is 0 Å². The molecule has 0 aliphatic heterocycles. The SMILES string of the molecule is CCOc1c(C=O)cc(C(F)(F)F)cc1C(F)(F)F. The highest BCUT2D eigenvalue weighted by atomic mass is 19.4. The molecule has 0 heterocycles. The predicted octanol–water partition coefficient (Wildman–Crippen LogP) is 3.94. The highest BCUT2D eigenvalue weighted by Crippen LogP contribution is 2.42. The van der Waals surface area contributed by atoms with E-state index in [1.54, 1.807) is 0 Å². The third-order valence-corrected chi connectivity index (χ3v) is 2.17. The quantitative estimate of drug-likeness (QED) is 0.621. The summed E-state index contributed by atoms with van der Waals surface area (Å²) in [7, 11) is 0. The molecule has 0 fully saturated rings. The van der Waals surface area contributed by atoms with Gasteiger partial charge in [-0.15, -0.1) is 0 Å². The average Bonchev–Trinajstić information content (AvgIpc) is 2.26. The summed E-state index contributed by atoms with van der Waals surface area (Å²) in [5.41, 5.74) is -3.96. The molecule has 1 aromatic carbocycles. The maximum Gasteiger partial charge on any atom is 0.420 e. The summed E-state index contributed by atoms with van der Waals surface area (Å²) in [6, 6.07) is 0.255. The van der Waals surface area contributed by atoms with Crippen LogP contribution in [-0.2, 0) is 12.4 Å². The lowest BCUT2D eigenvalue weighted by Crippen LogP contribution is -2.14. The summed E-state index contributed by atoms with van der Waals surface area (Å²) < 4.78 is 80.1. The topological polar surface area (TPSA) is 26.3 Å². The molecule has 2 nitrogen and oxygen atoms in total. The fraction of sp³-hybridized carbons (Fsp3) is 0.364. The zero-order valence-corrected chi connectivity index (χ0v) is 9.52. The van der Waals surface area contributed by atoms with E-state index >= 15 is 0 Å². The van der Waals surface area contributed by atoms with Gasteiger partial charge in [0.2, 0.25) is 0 Å². The Morgan fingerprint density at radius 3 is 2.05 bits per heavy atom. The number of carbonyl (C=O) groups excluding carboxylic acids is 1. The summed E-state index contributed by atoms with van der Waals surface area (Å²) in [5, 5.41) is 0. The summed E-state index contributed by atoms with van der Waals surface area (Å²) in [6.45, 7) is 1.14.